The number of imide groups is 1. The highest BCUT2D eigenvalue weighted by molar-refractivity contribution is 6.08. The van der Waals surface area contributed by atoms with Crippen molar-refractivity contribution in [3.05, 3.63) is 108 Å². The lowest BCUT2D eigenvalue weighted by atomic mass is 9.91. The highest BCUT2D eigenvalue weighted by Crippen LogP contribution is 2.36. The number of carbonyl (C=O) groups excluding carboxylic acids is 3. The second-order valence-electron chi connectivity index (χ2n) is 16.6. The van der Waals surface area contributed by atoms with E-state index < -0.39 is 23.8 Å². The van der Waals surface area contributed by atoms with Gasteiger partial charge in [0.05, 0.1) is 17.7 Å². The van der Waals surface area contributed by atoms with E-state index in [1.54, 1.807) is 30.5 Å². The zero-order valence-corrected chi connectivity index (χ0v) is 34.7. The van der Waals surface area contributed by atoms with Gasteiger partial charge in [-0.1, -0.05) is 18.1 Å². The van der Waals surface area contributed by atoms with Gasteiger partial charge >= 0.3 is 6.18 Å². The van der Waals surface area contributed by atoms with Crippen molar-refractivity contribution < 1.29 is 41.8 Å². The quantitative estimate of drug-likeness (QED) is 0.120. The van der Waals surface area contributed by atoms with Gasteiger partial charge in [-0.15, -0.1) is 0 Å². The minimum absolute atomic E-state index is 0.0105. The molecular weight excluding hydrogens is 828 g/mol. The van der Waals surface area contributed by atoms with Gasteiger partial charge in [0.15, 0.2) is 0 Å². The molecule has 1 unspecified atom stereocenters. The number of nitrogens with one attached hydrogen (secondary N) is 1. The van der Waals surface area contributed by atoms with Gasteiger partial charge in [-0.3, -0.25) is 24.7 Å². The van der Waals surface area contributed by atoms with Gasteiger partial charge in [0.1, 0.15) is 35.9 Å². The van der Waals surface area contributed by atoms with E-state index in [2.05, 4.69) is 61.9 Å². The molecular formula is C48H42F3N7O6. The first kappa shape index (κ1) is 41.0. The molecule has 2 saturated heterocycles. The summed E-state index contributed by atoms with van der Waals surface area (Å²) < 4.78 is 62.5. The minimum Gasteiger partial charge on any atom is -0.481 e. The van der Waals surface area contributed by atoms with E-state index in [0.717, 1.165) is 51.8 Å². The Balaban J connectivity index is 0.700. The molecule has 4 aliphatic rings. The Hall–Kier alpha value is -6.99. The van der Waals surface area contributed by atoms with Crippen molar-refractivity contribution in [3.8, 4) is 34.6 Å². The Morgan fingerprint density at radius 1 is 0.859 bits per heavy atom. The molecule has 1 N–H and O–H groups in total. The smallest absolute Gasteiger partial charge is 0.433 e. The number of rotatable bonds is 9. The SMILES string of the molecule is Cn1c2ccncc2c2ccc(-c3ccc(OC4CC(OC5CCN(c6cc(C#CCOc7ccc8c(c7)CN(C7CCC(=O)NC7=O)C8=O)nc(C(F)(F)F)c6)CC5)C4)nc3)cc21. The van der Waals surface area contributed by atoms with Crippen molar-refractivity contribution in [2.24, 2.45) is 7.05 Å². The monoisotopic (exact) mass is 869 g/mol. The van der Waals surface area contributed by atoms with Crippen LogP contribution in [0.5, 0.6) is 11.6 Å². The molecule has 3 amide bonds. The lowest BCUT2D eigenvalue weighted by Crippen LogP contribution is -2.52. The number of amides is 3. The van der Waals surface area contributed by atoms with Gasteiger partial charge in [0, 0.05) is 104 Å². The molecule has 6 aromatic rings. The lowest BCUT2D eigenvalue weighted by molar-refractivity contribution is -0.141. The average Bonchev–Trinajstić information content (AvgIpc) is 3.76. The number of hydrogen-bond donors (Lipinski definition) is 1. The molecule has 13 nitrogen and oxygen atoms in total. The van der Waals surface area contributed by atoms with Gasteiger partial charge < -0.3 is 28.6 Å². The molecule has 10 rings (SSSR count). The van der Waals surface area contributed by atoms with Crippen LogP contribution >= 0.6 is 0 Å². The van der Waals surface area contributed by atoms with Crippen molar-refractivity contribution in [1.82, 2.24) is 29.7 Å². The third-order valence-electron chi connectivity index (χ3n) is 12.5. The van der Waals surface area contributed by atoms with Gasteiger partial charge in [-0.05, 0) is 84.8 Å². The normalized spacial score (nSPS) is 20.2. The number of pyridine rings is 3. The predicted octanol–water partition coefficient (Wildman–Crippen LogP) is 6.99. The lowest BCUT2D eigenvalue weighted by Gasteiger charge is -2.40. The minimum atomic E-state index is -4.67. The maximum absolute atomic E-state index is 14.0. The Bertz CT molecular complexity index is 2880. The summed E-state index contributed by atoms with van der Waals surface area (Å²) in [6.45, 7) is 1.06. The number of alkyl halides is 3. The van der Waals surface area contributed by atoms with Crippen LogP contribution in [-0.4, -0.2) is 86.2 Å². The van der Waals surface area contributed by atoms with Crippen LogP contribution < -0.4 is 19.7 Å². The second-order valence-corrected chi connectivity index (χ2v) is 16.6. The Kier molecular flexibility index (Phi) is 10.7. The van der Waals surface area contributed by atoms with Gasteiger partial charge in [-0.2, -0.15) is 13.2 Å². The summed E-state index contributed by atoms with van der Waals surface area (Å²) in [7, 11) is 2.06. The van der Waals surface area contributed by atoms with Crippen molar-refractivity contribution in [2.75, 3.05) is 24.6 Å². The molecule has 3 fully saturated rings. The summed E-state index contributed by atoms with van der Waals surface area (Å²) in [6, 6.07) is 19.1. The van der Waals surface area contributed by atoms with Crippen LogP contribution in [0, 0.1) is 11.8 Å². The van der Waals surface area contributed by atoms with Gasteiger partial charge in [0.2, 0.25) is 17.7 Å². The second kappa shape index (κ2) is 16.6. The van der Waals surface area contributed by atoms with Gasteiger partial charge in [-0.25, -0.2) is 9.97 Å². The molecule has 326 valence electrons. The van der Waals surface area contributed by atoms with E-state index in [1.807, 2.05) is 35.5 Å². The number of carbonyl (C=O) groups is 3. The van der Waals surface area contributed by atoms with E-state index in [1.165, 1.54) is 4.90 Å². The molecule has 7 heterocycles. The van der Waals surface area contributed by atoms with Crippen LogP contribution in [-0.2, 0) is 34.1 Å². The van der Waals surface area contributed by atoms with Crippen molar-refractivity contribution >= 4 is 45.2 Å². The van der Waals surface area contributed by atoms with Crippen molar-refractivity contribution in [2.45, 2.75) is 75.6 Å². The highest BCUT2D eigenvalue weighted by Gasteiger charge is 2.40. The topological polar surface area (TPSA) is 141 Å². The molecule has 0 bridgehead atoms. The number of piperidine rings is 2. The first-order valence-corrected chi connectivity index (χ1v) is 21.3. The van der Waals surface area contributed by atoms with E-state index >= 15 is 0 Å². The summed E-state index contributed by atoms with van der Waals surface area (Å²) in [4.78, 5) is 53.0. The molecule has 2 aromatic carbocycles. The number of aryl methyl sites for hydroxylation is 1. The average molecular weight is 870 g/mol. The summed E-state index contributed by atoms with van der Waals surface area (Å²) in [5.41, 5.74) is 4.73. The van der Waals surface area contributed by atoms with Crippen LogP contribution in [0.3, 0.4) is 0 Å². The molecule has 16 heteroatoms. The fourth-order valence-corrected chi connectivity index (χ4v) is 9.07. The first-order valence-electron chi connectivity index (χ1n) is 21.3. The third kappa shape index (κ3) is 8.19. The van der Waals surface area contributed by atoms with E-state index in [9.17, 15) is 27.6 Å². The zero-order valence-electron chi connectivity index (χ0n) is 34.7. The molecule has 1 saturated carbocycles. The number of hydrogen-bond acceptors (Lipinski definition) is 10. The molecule has 1 aliphatic carbocycles. The highest BCUT2D eigenvalue weighted by atomic mass is 19.4. The molecule has 1 atom stereocenters. The number of aromatic nitrogens is 4. The van der Waals surface area contributed by atoms with E-state index in [-0.39, 0.29) is 61.8 Å². The van der Waals surface area contributed by atoms with Crippen molar-refractivity contribution in [3.63, 3.8) is 0 Å². The van der Waals surface area contributed by atoms with Crippen LogP contribution in [0.15, 0.2) is 85.3 Å². The Morgan fingerprint density at radius 3 is 2.47 bits per heavy atom. The predicted molar refractivity (Wildman–Crippen MR) is 229 cm³/mol. The summed E-state index contributed by atoms with van der Waals surface area (Å²) >= 11 is 0. The first-order chi connectivity index (χ1) is 30.9. The Labute approximate surface area is 365 Å². The number of benzene rings is 2. The molecule has 4 aromatic heterocycles. The van der Waals surface area contributed by atoms with Crippen LogP contribution in [0.25, 0.3) is 32.9 Å². The molecule has 3 aliphatic heterocycles. The number of nitrogens with zero attached hydrogens (tertiary/aromatic N) is 6. The third-order valence-corrected chi connectivity index (χ3v) is 12.5. The van der Waals surface area contributed by atoms with Crippen LogP contribution in [0.1, 0.15) is 65.8 Å². The fourth-order valence-electron chi connectivity index (χ4n) is 9.07. The maximum atomic E-state index is 14.0. The van der Waals surface area contributed by atoms with Gasteiger partial charge in [0.25, 0.3) is 5.91 Å². The standard InChI is InChI=1S/C48H42F3N7O6/c1-56-40-12-15-52-26-39(40)38-7-4-28(20-42(38)56)29-5-11-45(53-25-29)64-36-23-35(24-36)63-33-13-16-57(17-14-33)32-21-31(54-43(22-32)48(49,50)51)3-2-18-62-34-6-8-37-30(19-34)27-58(47(37)61)41-9-10-44(59)55-46(41)60/h4-8,11-12,15,19-22,25-26,33,35-36,41H,9-10,13-14,16-18,23-24,27H2,1H3,(H,55,59,60). The Morgan fingerprint density at radius 2 is 1.69 bits per heavy atom. The van der Waals surface area contributed by atoms with Crippen LogP contribution in [0.2, 0.25) is 0 Å². The molecule has 64 heavy (non-hydrogen) atoms. The molecule has 0 spiro atoms. The largest absolute Gasteiger partial charge is 0.481 e. The number of halogens is 3. The van der Waals surface area contributed by atoms with E-state index in [4.69, 9.17) is 14.2 Å². The number of anilines is 1. The van der Waals surface area contributed by atoms with Crippen LogP contribution in [0.4, 0.5) is 18.9 Å². The molecule has 0 radical (unpaired) electrons. The number of fused-ring (bicyclic) bond motifs is 4. The summed E-state index contributed by atoms with van der Waals surface area (Å²) in [5, 5.41) is 4.56. The summed E-state index contributed by atoms with van der Waals surface area (Å²) in [5.74, 6) is 5.29. The van der Waals surface area contributed by atoms with Crippen molar-refractivity contribution in [1.29, 1.82) is 0 Å². The summed E-state index contributed by atoms with van der Waals surface area (Å²) in [6.07, 6.45) is 4.05. The fraction of sp³-hybridized carbons (Fsp3) is 0.333. The van der Waals surface area contributed by atoms with E-state index in [0.29, 0.717) is 54.4 Å². The maximum Gasteiger partial charge on any atom is 0.433 e. The number of ether oxygens (including phenoxy) is 3. The zero-order chi connectivity index (χ0) is 44.1.